The normalized spacial score (nSPS) is 15.8. The zero-order valence-electron chi connectivity index (χ0n) is 29.0. The van der Waals surface area contributed by atoms with Crippen molar-refractivity contribution >= 4 is 18.0 Å². The number of aliphatic hydroxyl groups is 1. The van der Waals surface area contributed by atoms with Crippen LogP contribution in [0.4, 0.5) is 26.7 Å². The average molecular weight is 720 g/mol. The number of carbonyl (C=O) groups is 3. The molecule has 0 spiro atoms. The van der Waals surface area contributed by atoms with Crippen LogP contribution in [0.25, 0.3) is 0 Å². The van der Waals surface area contributed by atoms with E-state index >= 15 is 0 Å². The summed E-state index contributed by atoms with van der Waals surface area (Å²) < 4.78 is 87.1. The Kier molecular flexibility index (Phi) is 14.5. The summed E-state index contributed by atoms with van der Waals surface area (Å²) in [5, 5.41) is 9.56. The second kappa shape index (κ2) is 17.9. The van der Waals surface area contributed by atoms with Crippen molar-refractivity contribution in [2.75, 3.05) is 53.1 Å². The molecule has 2 amide bonds. The summed E-state index contributed by atoms with van der Waals surface area (Å²) >= 11 is 0. The fraction of sp³-hybridized carbons (Fsp3) is 0.636. The quantitative estimate of drug-likeness (QED) is 0.199. The number of nitrogens with zero attached hydrogens (tertiary/aromatic N) is 4. The Morgan fingerprint density at radius 3 is 2.34 bits per heavy atom. The van der Waals surface area contributed by atoms with Gasteiger partial charge in [0.25, 0.3) is 0 Å². The Morgan fingerprint density at radius 1 is 1.02 bits per heavy atom. The van der Waals surface area contributed by atoms with Crippen molar-refractivity contribution in [2.45, 2.75) is 84.3 Å². The number of carbonyl (C=O) groups excluding carboxylic acids is 3. The highest BCUT2D eigenvalue weighted by Gasteiger charge is 2.42. The molecule has 1 aromatic heterocycles. The summed E-state index contributed by atoms with van der Waals surface area (Å²) in [5.41, 5.74) is -1.33. The van der Waals surface area contributed by atoms with E-state index in [0.717, 1.165) is 31.3 Å². The minimum Gasteiger partial charge on any atom is -0.461 e. The number of esters is 1. The smallest absolute Gasteiger partial charge is 0.449 e. The standard InChI is InChI=1S/C32H42F5N5O6.CH4O/c1-20-15-21(24(34)18-23(20)33)16-22(38-30(45)48-31(2,3)4)17-26(43)41-8-9-42-25(19-41)27(39-29(42)32(35,36)37)28(44)47-12-6-5-7-40-10-13-46-14-11-40;1-2/h15,18,22H,5-14,16-17,19H2,1-4H3,(H,38,45);2H,1H3. The van der Waals surface area contributed by atoms with Crippen molar-refractivity contribution in [1.82, 2.24) is 24.7 Å². The van der Waals surface area contributed by atoms with E-state index < -0.39 is 65.4 Å². The molecular formula is C33H46F5N5O7. The van der Waals surface area contributed by atoms with Crippen LogP contribution in [0.5, 0.6) is 0 Å². The number of alkyl halides is 3. The van der Waals surface area contributed by atoms with Gasteiger partial charge in [-0.25, -0.2) is 23.4 Å². The number of nitrogens with one attached hydrogen (secondary N) is 1. The van der Waals surface area contributed by atoms with E-state index in [-0.39, 0.29) is 49.5 Å². The number of aromatic nitrogens is 2. The number of hydrogen-bond acceptors (Lipinski definition) is 9. The average Bonchev–Trinajstić information content (AvgIpc) is 3.44. The van der Waals surface area contributed by atoms with E-state index in [1.165, 1.54) is 17.9 Å². The van der Waals surface area contributed by atoms with Crippen molar-refractivity contribution < 1.29 is 55.7 Å². The fourth-order valence-electron chi connectivity index (χ4n) is 5.58. The molecule has 0 radical (unpaired) electrons. The Bertz CT molecular complexity index is 1470. The number of benzene rings is 1. The highest BCUT2D eigenvalue weighted by Crippen LogP contribution is 2.33. The van der Waals surface area contributed by atoms with Gasteiger partial charge in [0.05, 0.1) is 32.1 Å². The molecule has 1 aromatic carbocycles. The first kappa shape index (κ1) is 40.6. The van der Waals surface area contributed by atoms with E-state index in [4.69, 9.17) is 19.3 Å². The summed E-state index contributed by atoms with van der Waals surface area (Å²) in [7, 11) is 1.00. The number of morpholine rings is 1. The predicted molar refractivity (Wildman–Crippen MR) is 170 cm³/mol. The van der Waals surface area contributed by atoms with Crippen molar-refractivity contribution in [2.24, 2.45) is 0 Å². The van der Waals surface area contributed by atoms with Gasteiger partial charge in [-0.15, -0.1) is 0 Å². The lowest BCUT2D eigenvalue weighted by molar-refractivity contribution is -0.148. The summed E-state index contributed by atoms with van der Waals surface area (Å²) in [6, 6.07) is 0.967. The molecule has 12 nitrogen and oxygen atoms in total. The lowest BCUT2D eigenvalue weighted by Gasteiger charge is -2.31. The van der Waals surface area contributed by atoms with Crippen molar-refractivity contribution in [1.29, 1.82) is 0 Å². The van der Waals surface area contributed by atoms with E-state index in [1.54, 1.807) is 20.8 Å². The van der Waals surface area contributed by atoms with E-state index in [2.05, 4.69) is 15.2 Å². The third kappa shape index (κ3) is 11.6. The van der Waals surface area contributed by atoms with Crippen molar-refractivity contribution in [3.05, 3.63) is 52.1 Å². The second-order valence-corrected chi connectivity index (χ2v) is 12.9. The first-order valence-electron chi connectivity index (χ1n) is 16.3. The van der Waals surface area contributed by atoms with Gasteiger partial charge in [-0.3, -0.25) is 9.69 Å². The van der Waals surface area contributed by atoms with E-state index in [0.29, 0.717) is 32.1 Å². The fourth-order valence-corrected chi connectivity index (χ4v) is 5.58. The number of ether oxygens (including phenoxy) is 3. The summed E-state index contributed by atoms with van der Waals surface area (Å²) in [6.45, 7) is 9.17. The van der Waals surface area contributed by atoms with Gasteiger partial charge in [0.2, 0.25) is 11.7 Å². The zero-order valence-corrected chi connectivity index (χ0v) is 29.0. The number of aliphatic hydroxyl groups excluding tert-OH is 1. The van der Waals surface area contributed by atoms with Gasteiger partial charge in [0, 0.05) is 51.8 Å². The highest BCUT2D eigenvalue weighted by atomic mass is 19.4. The van der Waals surface area contributed by atoms with Gasteiger partial charge < -0.3 is 34.1 Å². The minimum absolute atomic E-state index is 0.0170. The molecule has 0 saturated carbocycles. The van der Waals surface area contributed by atoms with Crippen LogP contribution in [0.3, 0.4) is 0 Å². The Balaban J connectivity index is 0.00000332. The van der Waals surface area contributed by atoms with Gasteiger partial charge in [-0.2, -0.15) is 13.2 Å². The van der Waals surface area contributed by atoms with E-state index in [1.807, 2.05) is 0 Å². The Hall–Kier alpha value is -3.83. The maximum atomic E-state index is 14.7. The van der Waals surface area contributed by atoms with Gasteiger partial charge in [-0.05, 0) is 64.6 Å². The van der Waals surface area contributed by atoms with Crippen LogP contribution < -0.4 is 5.32 Å². The molecule has 3 heterocycles. The van der Waals surface area contributed by atoms with Crippen molar-refractivity contribution in [3.63, 3.8) is 0 Å². The Labute approximate surface area is 287 Å². The summed E-state index contributed by atoms with van der Waals surface area (Å²) in [4.78, 5) is 46.2. The maximum Gasteiger partial charge on any atom is 0.449 e. The molecule has 1 unspecified atom stereocenters. The van der Waals surface area contributed by atoms with Crippen LogP contribution in [-0.4, -0.2) is 107 Å². The molecule has 2 aliphatic rings. The predicted octanol–water partition coefficient (Wildman–Crippen LogP) is 4.23. The molecule has 17 heteroatoms. The summed E-state index contributed by atoms with van der Waals surface area (Å²) in [6.07, 6.45) is -5.12. The van der Waals surface area contributed by atoms with Crippen molar-refractivity contribution in [3.8, 4) is 0 Å². The van der Waals surface area contributed by atoms with Crippen LogP contribution in [0, 0.1) is 18.6 Å². The molecule has 2 aromatic rings. The van der Waals surface area contributed by atoms with Gasteiger partial charge >= 0.3 is 18.2 Å². The largest absolute Gasteiger partial charge is 0.461 e. The topological polar surface area (TPSA) is 135 Å². The van der Waals surface area contributed by atoms with Gasteiger partial charge in [-0.1, -0.05) is 6.07 Å². The number of fused-ring (bicyclic) bond motifs is 1. The second-order valence-electron chi connectivity index (χ2n) is 12.9. The van der Waals surface area contributed by atoms with Crippen LogP contribution in [-0.2, 0) is 44.7 Å². The molecule has 2 aliphatic heterocycles. The number of hydrogen-bond donors (Lipinski definition) is 2. The monoisotopic (exact) mass is 719 g/mol. The third-order valence-electron chi connectivity index (χ3n) is 7.95. The van der Waals surface area contributed by atoms with Crippen LogP contribution in [0.1, 0.15) is 73.2 Å². The molecular weight excluding hydrogens is 673 g/mol. The lowest BCUT2D eigenvalue weighted by Crippen LogP contribution is -2.45. The molecule has 0 bridgehead atoms. The van der Waals surface area contributed by atoms with Crippen LogP contribution in [0.2, 0.25) is 0 Å². The van der Waals surface area contributed by atoms with Crippen LogP contribution in [0.15, 0.2) is 12.1 Å². The lowest BCUT2D eigenvalue weighted by atomic mass is 10.00. The molecule has 1 saturated heterocycles. The maximum absolute atomic E-state index is 14.7. The summed E-state index contributed by atoms with van der Waals surface area (Å²) in [5.74, 6) is -4.50. The number of amides is 2. The molecule has 50 heavy (non-hydrogen) atoms. The van der Waals surface area contributed by atoms with Crippen LogP contribution >= 0.6 is 0 Å². The number of rotatable bonds is 11. The molecule has 280 valence electrons. The minimum atomic E-state index is -4.86. The molecule has 1 atom stereocenters. The Morgan fingerprint density at radius 2 is 1.70 bits per heavy atom. The van der Waals surface area contributed by atoms with Gasteiger partial charge in [0.15, 0.2) is 5.69 Å². The SMILES string of the molecule is CO.Cc1cc(CC(CC(=O)N2CCn3c(C(F)(F)F)nc(C(=O)OCCCCN4CCOCC4)c3C2)NC(=O)OC(C)(C)C)c(F)cc1F. The number of imidazole rings is 1. The molecule has 0 aliphatic carbocycles. The number of alkyl carbamates (subject to hydrolysis) is 1. The number of aryl methyl sites for hydroxylation is 1. The number of unbranched alkanes of at least 4 members (excludes halogenated alkanes) is 1. The molecule has 4 rings (SSSR count). The first-order valence-corrected chi connectivity index (χ1v) is 16.3. The molecule has 1 fully saturated rings. The third-order valence-corrected chi connectivity index (χ3v) is 7.95. The first-order chi connectivity index (χ1) is 23.5. The highest BCUT2D eigenvalue weighted by molar-refractivity contribution is 5.89. The molecule has 2 N–H and O–H groups in total. The number of halogens is 5. The van der Waals surface area contributed by atoms with E-state index in [9.17, 15) is 36.3 Å². The zero-order chi connectivity index (χ0) is 37.2. The van der Waals surface area contributed by atoms with Gasteiger partial charge in [0.1, 0.15) is 17.2 Å².